The monoisotopic (exact) mass is 393 g/mol. The summed E-state index contributed by atoms with van der Waals surface area (Å²) in [6, 6.07) is 12.4. The summed E-state index contributed by atoms with van der Waals surface area (Å²) < 4.78 is 17.3. The zero-order valence-electron chi connectivity index (χ0n) is 15.9. The van der Waals surface area contributed by atoms with Crippen molar-refractivity contribution in [3.63, 3.8) is 0 Å². The van der Waals surface area contributed by atoms with Crippen LogP contribution >= 0.6 is 0 Å². The number of furan rings is 1. The Kier molecular flexibility index (Phi) is 5.02. The van der Waals surface area contributed by atoms with Crippen molar-refractivity contribution < 1.29 is 18.7 Å². The molecule has 0 aliphatic carbocycles. The molecule has 9 nitrogen and oxygen atoms in total. The highest BCUT2D eigenvalue weighted by molar-refractivity contribution is 6.03. The number of fused-ring (bicyclic) bond motifs is 1. The minimum atomic E-state index is -0.347. The highest BCUT2D eigenvalue weighted by atomic mass is 16.5. The third-order valence-electron chi connectivity index (χ3n) is 4.26. The van der Waals surface area contributed by atoms with Crippen molar-refractivity contribution in [2.45, 2.75) is 6.54 Å². The lowest BCUT2D eigenvalue weighted by Crippen LogP contribution is -2.16. The number of benzene rings is 1. The van der Waals surface area contributed by atoms with Crippen LogP contribution in [0.3, 0.4) is 0 Å². The lowest BCUT2D eigenvalue weighted by Gasteiger charge is -2.10. The molecule has 0 aliphatic rings. The summed E-state index contributed by atoms with van der Waals surface area (Å²) in [5, 5.41) is 10.4. The van der Waals surface area contributed by atoms with E-state index in [2.05, 4.69) is 20.7 Å². The van der Waals surface area contributed by atoms with E-state index >= 15 is 0 Å². The number of anilines is 2. The lowest BCUT2D eigenvalue weighted by molar-refractivity contribution is 0.102. The molecule has 3 heterocycles. The topological polar surface area (TPSA) is 103 Å². The number of aromatic nitrogens is 3. The van der Waals surface area contributed by atoms with Crippen LogP contribution in [-0.4, -0.2) is 34.7 Å². The zero-order chi connectivity index (χ0) is 20.2. The molecule has 0 radical (unpaired) electrons. The summed E-state index contributed by atoms with van der Waals surface area (Å²) in [6.07, 6.45) is 3.09. The molecule has 0 bridgehead atoms. The Hall–Kier alpha value is -4.01. The van der Waals surface area contributed by atoms with Gasteiger partial charge < -0.3 is 24.5 Å². The Labute approximate surface area is 166 Å². The van der Waals surface area contributed by atoms with Crippen molar-refractivity contribution in [2.24, 2.45) is 0 Å². The lowest BCUT2D eigenvalue weighted by atomic mass is 10.2. The number of nitrogens with zero attached hydrogens (tertiary/aromatic N) is 3. The Morgan fingerprint density at radius 3 is 2.76 bits per heavy atom. The van der Waals surface area contributed by atoms with E-state index in [1.54, 1.807) is 43.7 Å². The van der Waals surface area contributed by atoms with Gasteiger partial charge in [-0.1, -0.05) is 0 Å². The molecule has 0 fully saturated rings. The SMILES string of the molecule is COc1ccc(NC(=O)c2cnc3ccc(NCc4ccco4)nn23)cc1OC. The van der Waals surface area contributed by atoms with Crippen molar-refractivity contribution in [3.05, 3.63) is 66.4 Å². The Balaban J connectivity index is 1.55. The maximum Gasteiger partial charge on any atom is 0.276 e. The minimum absolute atomic E-state index is 0.302. The Morgan fingerprint density at radius 1 is 1.14 bits per heavy atom. The van der Waals surface area contributed by atoms with E-state index in [-0.39, 0.29) is 5.91 Å². The standard InChI is InChI=1S/C20H19N5O4/c1-27-16-6-5-13(10-17(16)28-2)23-20(26)15-12-22-19-8-7-18(24-25(15)19)21-11-14-4-3-9-29-14/h3-10,12H,11H2,1-2H3,(H,21,24)(H,23,26). The van der Waals surface area contributed by atoms with Gasteiger partial charge in [-0.25, -0.2) is 9.50 Å². The van der Waals surface area contributed by atoms with Crippen LogP contribution in [0.2, 0.25) is 0 Å². The fraction of sp³-hybridized carbons (Fsp3) is 0.150. The van der Waals surface area contributed by atoms with Crippen molar-refractivity contribution in [3.8, 4) is 11.5 Å². The molecule has 0 unspecified atom stereocenters. The fourth-order valence-corrected chi connectivity index (χ4v) is 2.82. The molecule has 0 aliphatic heterocycles. The molecule has 1 aromatic carbocycles. The first-order valence-electron chi connectivity index (χ1n) is 8.82. The second-order valence-corrected chi connectivity index (χ2v) is 6.09. The predicted molar refractivity (Wildman–Crippen MR) is 107 cm³/mol. The molecule has 1 amide bonds. The van der Waals surface area contributed by atoms with Crippen LogP contribution in [0.5, 0.6) is 11.5 Å². The van der Waals surface area contributed by atoms with Gasteiger partial charge in [0.05, 0.1) is 33.2 Å². The third-order valence-corrected chi connectivity index (χ3v) is 4.26. The van der Waals surface area contributed by atoms with Gasteiger partial charge in [-0.05, 0) is 36.4 Å². The molecule has 3 aromatic heterocycles. The predicted octanol–water partition coefficient (Wildman–Crippen LogP) is 3.20. The van der Waals surface area contributed by atoms with Crippen LogP contribution in [0.25, 0.3) is 5.65 Å². The van der Waals surface area contributed by atoms with Gasteiger partial charge in [0.1, 0.15) is 11.6 Å². The maximum atomic E-state index is 12.8. The van der Waals surface area contributed by atoms with E-state index in [1.165, 1.54) is 17.8 Å². The maximum absolute atomic E-state index is 12.8. The van der Waals surface area contributed by atoms with Crippen molar-refractivity contribution >= 4 is 23.1 Å². The molecule has 148 valence electrons. The molecule has 29 heavy (non-hydrogen) atoms. The summed E-state index contributed by atoms with van der Waals surface area (Å²) in [4.78, 5) is 17.0. The first kappa shape index (κ1) is 18.4. The normalized spacial score (nSPS) is 10.7. The Bertz CT molecular complexity index is 1140. The summed E-state index contributed by atoms with van der Waals surface area (Å²) in [5.41, 5.74) is 1.43. The second kappa shape index (κ2) is 7.93. The van der Waals surface area contributed by atoms with Gasteiger partial charge in [0, 0.05) is 11.8 Å². The van der Waals surface area contributed by atoms with Crippen LogP contribution in [0.15, 0.2) is 59.3 Å². The van der Waals surface area contributed by atoms with Crippen LogP contribution in [0.1, 0.15) is 16.2 Å². The average molecular weight is 393 g/mol. The number of hydrogen-bond donors (Lipinski definition) is 2. The number of imidazole rings is 1. The van der Waals surface area contributed by atoms with Crippen LogP contribution in [0.4, 0.5) is 11.5 Å². The highest BCUT2D eigenvalue weighted by Crippen LogP contribution is 2.29. The van der Waals surface area contributed by atoms with Gasteiger partial charge in [-0.2, -0.15) is 0 Å². The van der Waals surface area contributed by atoms with E-state index in [4.69, 9.17) is 13.9 Å². The number of carbonyl (C=O) groups is 1. The van der Waals surface area contributed by atoms with Crippen molar-refractivity contribution in [1.82, 2.24) is 14.6 Å². The smallest absolute Gasteiger partial charge is 0.276 e. The number of ether oxygens (including phenoxy) is 2. The average Bonchev–Trinajstić information content (AvgIpc) is 3.41. The largest absolute Gasteiger partial charge is 0.493 e. The highest BCUT2D eigenvalue weighted by Gasteiger charge is 2.15. The number of hydrogen-bond acceptors (Lipinski definition) is 7. The first-order chi connectivity index (χ1) is 14.2. The summed E-state index contributed by atoms with van der Waals surface area (Å²) in [6.45, 7) is 0.480. The molecular weight excluding hydrogens is 374 g/mol. The number of nitrogens with one attached hydrogen (secondary N) is 2. The fourth-order valence-electron chi connectivity index (χ4n) is 2.82. The van der Waals surface area contributed by atoms with Gasteiger partial charge in [0.25, 0.3) is 5.91 Å². The summed E-state index contributed by atoms with van der Waals surface area (Å²) in [7, 11) is 3.09. The molecule has 2 N–H and O–H groups in total. The Morgan fingerprint density at radius 2 is 2.00 bits per heavy atom. The molecule has 0 saturated carbocycles. The van der Waals surface area contributed by atoms with Gasteiger partial charge in [-0.3, -0.25) is 4.79 Å². The first-order valence-corrected chi connectivity index (χ1v) is 8.82. The summed E-state index contributed by atoms with van der Waals surface area (Å²) >= 11 is 0. The van der Waals surface area contributed by atoms with E-state index in [1.807, 2.05) is 12.1 Å². The van der Waals surface area contributed by atoms with E-state index in [9.17, 15) is 4.79 Å². The van der Waals surface area contributed by atoms with Gasteiger partial charge in [0.2, 0.25) is 0 Å². The number of methoxy groups -OCH3 is 2. The quantitative estimate of drug-likeness (QED) is 0.497. The van der Waals surface area contributed by atoms with E-state index < -0.39 is 0 Å². The second-order valence-electron chi connectivity index (χ2n) is 6.09. The molecule has 0 spiro atoms. The van der Waals surface area contributed by atoms with Crippen LogP contribution in [-0.2, 0) is 6.54 Å². The van der Waals surface area contributed by atoms with Gasteiger partial charge in [0.15, 0.2) is 22.8 Å². The molecule has 9 heteroatoms. The number of carbonyl (C=O) groups excluding carboxylic acids is 1. The number of amides is 1. The van der Waals surface area contributed by atoms with E-state index in [0.717, 1.165) is 5.76 Å². The molecule has 0 saturated heterocycles. The van der Waals surface area contributed by atoms with Crippen molar-refractivity contribution in [2.75, 3.05) is 24.9 Å². The van der Waals surface area contributed by atoms with Crippen LogP contribution < -0.4 is 20.1 Å². The molecule has 4 aromatic rings. The third kappa shape index (κ3) is 3.84. The van der Waals surface area contributed by atoms with Gasteiger partial charge in [-0.15, -0.1) is 5.10 Å². The molecule has 4 rings (SSSR count). The molecular formula is C20H19N5O4. The number of rotatable bonds is 7. The van der Waals surface area contributed by atoms with Gasteiger partial charge >= 0.3 is 0 Å². The van der Waals surface area contributed by atoms with Crippen molar-refractivity contribution in [1.29, 1.82) is 0 Å². The van der Waals surface area contributed by atoms with E-state index in [0.29, 0.717) is 40.9 Å². The summed E-state index contributed by atoms with van der Waals surface area (Å²) in [5.74, 6) is 2.12. The zero-order valence-corrected chi connectivity index (χ0v) is 15.9. The van der Waals surface area contributed by atoms with Crippen LogP contribution in [0, 0.1) is 0 Å². The molecule has 0 atom stereocenters. The minimum Gasteiger partial charge on any atom is -0.493 e.